The van der Waals surface area contributed by atoms with Crippen LogP contribution in [-0.4, -0.2) is 42.2 Å². The van der Waals surface area contributed by atoms with E-state index in [0.29, 0.717) is 19.5 Å². The molecule has 0 saturated carbocycles. The fourth-order valence-corrected chi connectivity index (χ4v) is 3.37. The second-order valence-electron chi connectivity index (χ2n) is 6.20. The Hall–Kier alpha value is -2.33. The summed E-state index contributed by atoms with van der Waals surface area (Å²) in [4.78, 5) is 14.3. The first-order valence-electron chi connectivity index (χ1n) is 8.31. The number of para-hydroxylation sites is 1. The molecule has 0 aliphatic carbocycles. The van der Waals surface area contributed by atoms with E-state index in [0.717, 1.165) is 23.3 Å². The van der Waals surface area contributed by atoms with Crippen molar-refractivity contribution in [3.05, 3.63) is 65.7 Å². The van der Waals surface area contributed by atoms with Gasteiger partial charge in [0.15, 0.2) is 0 Å². The van der Waals surface area contributed by atoms with Crippen molar-refractivity contribution in [2.75, 3.05) is 20.2 Å². The highest BCUT2D eigenvalue weighted by molar-refractivity contribution is 5.79. The summed E-state index contributed by atoms with van der Waals surface area (Å²) in [5.74, 6) is 0.858. The molecule has 0 unspecified atom stereocenters. The summed E-state index contributed by atoms with van der Waals surface area (Å²) in [6, 6.07) is 17.6. The molecule has 2 aromatic rings. The van der Waals surface area contributed by atoms with Gasteiger partial charge in [0.25, 0.3) is 0 Å². The first kappa shape index (κ1) is 16.5. The van der Waals surface area contributed by atoms with Crippen LogP contribution in [0, 0.1) is 0 Å². The molecule has 1 N–H and O–H groups in total. The second-order valence-corrected chi connectivity index (χ2v) is 6.20. The van der Waals surface area contributed by atoms with Crippen LogP contribution in [0.15, 0.2) is 54.6 Å². The lowest BCUT2D eigenvalue weighted by atomic mass is 9.87. The summed E-state index contributed by atoms with van der Waals surface area (Å²) in [6.45, 7) is 1.05. The number of carbonyl (C=O) groups is 1. The van der Waals surface area contributed by atoms with Crippen molar-refractivity contribution in [2.24, 2.45) is 0 Å². The van der Waals surface area contributed by atoms with Crippen LogP contribution in [0.5, 0.6) is 5.75 Å². The number of methoxy groups -OCH3 is 1. The molecule has 24 heavy (non-hydrogen) atoms. The summed E-state index contributed by atoms with van der Waals surface area (Å²) >= 11 is 0. The van der Waals surface area contributed by atoms with Gasteiger partial charge in [0.1, 0.15) is 5.75 Å². The smallest absolute Gasteiger partial charge is 0.227 e. The van der Waals surface area contributed by atoms with Crippen LogP contribution in [0.3, 0.4) is 0 Å². The Morgan fingerprint density at radius 1 is 1.17 bits per heavy atom. The number of rotatable bonds is 4. The van der Waals surface area contributed by atoms with Gasteiger partial charge in [-0.25, -0.2) is 0 Å². The summed E-state index contributed by atoms with van der Waals surface area (Å²) < 4.78 is 5.31. The first-order valence-corrected chi connectivity index (χ1v) is 8.31. The fraction of sp³-hybridized carbons (Fsp3) is 0.350. The van der Waals surface area contributed by atoms with E-state index in [1.807, 2.05) is 54.6 Å². The monoisotopic (exact) mass is 325 g/mol. The molecule has 1 saturated heterocycles. The second kappa shape index (κ2) is 7.49. The number of hydrogen-bond acceptors (Lipinski definition) is 3. The molecule has 2 atom stereocenters. The minimum absolute atomic E-state index is 0.0325. The molecule has 4 nitrogen and oxygen atoms in total. The van der Waals surface area contributed by atoms with Gasteiger partial charge in [-0.1, -0.05) is 48.5 Å². The summed E-state index contributed by atoms with van der Waals surface area (Å²) in [6.07, 6.45) is 0.554. The van der Waals surface area contributed by atoms with Crippen LogP contribution in [0.2, 0.25) is 0 Å². The van der Waals surface area contributed by atoms with Gasteiger partial charge >= 0.3 is 0 Å². The first-order chi connectivity index (χ1) is 11.7. The molecule has 0 bridgehead atoms. The maximum absolute atomic E-state index is 12.6. The van der Waals surface area contributed by atoms with Crippen molar-refractivity contribution in [3.63, 3.8) is 0 Å². The third-order valence-corrected chi connectivity index (χ3v) is 4.70. The Bertz CT molecular complexity index is 686. The standard InChI is InChI=1S/C20H23NO3/c1-24-19-10-6-5-9-16(19)13-20(23)21-12-11-17(18(22)14-21)15-7-3-2-4-8-15/h2-10,17-18,22H,11-14H2,1H3/t17-,18-/m1/s1. The predicted molar refractivity (Wildman–Crippen MR) is 93.1 cm³/mol. The molecule has 0 spiro atoms. The van der Waals surface area contributed by atoms with Crippen LogP contribution < -0.4 is 4.74 Å². The SMILES string of the molecule is COc1ccccc1CC(=O)N1CC[C@H](c2ccccc2)[C@H](O)C1. The van der Waals surface area contributed by atoms with E-state index >= 15 is 0 Å². The number of β-amino-alcohol motifs (C(OH)–C–C–N with tert-alkyl or cyclic N) is 1. The average Bonchev–Trinajstić information content (AvgIpc) is 2.62. The molecule has 1 aliphatic rings. The maximum atomic E-state index is 12.6. The van der Waals surface area contributed by atoms with Crippen molar-refractivity contribution in [3.8, 4) is 5.75 Å². The summed E-state index contributed by atoms with van der Waals surface area (Å²) in [5.41, 5.74) is 2.02. The Balaban J connectivity index is 1.64. The highest BCUT2D eigenvalue weighted by atomic mass is 16.5. The van der Waals surface area contributed by atoms with E-state index in [9.17, 15) is 9.90 Å². The number of carbonyl (C=O) groups excluding carboxylic acids is 1. The number of benzene rings is 2. The molecule has 4 heteroatoms. The fourth-order valence-electron chi connectivity index (χ4n) is 3.37. The van der Waals surface area contributed by atoms with E-state index < -0.39 is 6.10 Å². The molecular formula is C20H23NO3. The van der Waals surface area contributed by atoms with Gasteiger partial charge in [-0.3, -0.25) is 4.79 Å². The number of aliphatic hydroxyl groups is 1. The molecule has 2 aromatic carbocycles. The summed E-state index contributed by atoms with van der Waals surface area (Å²) in [7, 11) is 1.61. The Kier molecular flexibility index (Phi) is 5.16. The zero-order chi connectivity index (χ0) is 16.9. The zero-order valence-corrected chi connectivity index (χ0v) is 13.9. The normalized spacial score (nSPS) is 20.7. The van der Waals surface area contributed by atoms with Gasteiger partial charge in [-0.15, -0.1) is 0 Å². The lowest BCUT2D eigenvalue weighted by molar-refractivity contribution is -0.134. The van der Waals surface area contributed by atoms with Gasteiger partial charge < -0.3 is 14.7 Å². The number of aliphatic hydroxyl groups excluding tert-OH is 1. The van der Waals surface area contributed by atoms with Gasteiger partial charge in [-0.05, 0) is 18.1 Å². The van der Waals surface area contributed by atoms with Crippen molar-refractivity contribution >= 4 is 5.91 Å². The van der Waals surface area contributed by atoms with Crippen molar-refractivity contribution in [2.45, 2.75) is 24.9 Å². The molecule has 1 amide bonds. The number of likely N-dealkylation sites (tertiary alicyclic amines) is 1. The quantitative estimate of drug-likeness (QED) is 0.940. The molecule has 3 rings (SSSR count). The molecule has 126 valence electrons. The van der Waals surface area contributed by atoms with Crippen LogP contribution in [0.1, 0.15) is 23.5 Å². The number of piperidine rings is 1. The number of amides is 1. The van der Waals surface area contributed by atoms with Gasteiger partial charge in [0.05, 0.1) is 19.6 Å². The number of hydrogen-bond donors (Lipinski definition) is 1. The van der Waals surface area contributed by atoms with Gasteiger partial charge in [-0.2, -0.15) is 0 Å². The van der Waals surface area contributed by atoms with Crippen LogP contribution in [0.25, 0.3) is 0 Å². The zero-order valence-electron chi connectivity index (χ0n) is 13.9. The largest absolute Gasteiger partial charge is 0.496 e. The molecular weight excluding hydrogens is 302 g/mol. The van der Waals surface area contributed by atoms with Gasteiger partial charge in [0.2, 0.25) is 5.91 Å². The lowest BCUT2D eigenvalue weighted by Crippen LogP contribution is -2.46. The third-order valence-electron chi connectivity index (χ3n) is 4.70. The molecule has 0 radical (unpaired) electrons. The Labute approximate surface area is 142 Å². The molecule has 1 fully saturated rings. The number of nitrogens with zero attached hydrogens (tertiary/aromatic N) is 1. The molecule has 1 heterocycles. The van der Waals surface area contributed by atoms with Gasteiger partial charge in [0, 0.05) is 24.6 Å². The van der Waals surface area contributed by atoms with Crippen LogP contribution in [-0.2, 0) is 11.2 Å². The molecule has 0 aromatic heterocycles. The van der Waals surface area contributed by atoms with E-state index in [1.165, 1.54) is 0 Å². The minimum Gasteiger partial charge on any atom is -0.496 e. The van der Waals surface area contributed by atoms with Crippen molar-refractivity contribution in [1.82, 2.24) is 4.90 Å². The van der Waals surface area contributed by atoms with E-state index in [-0.39, 0.29) is 11.8 Å². The number of ether oxygens (including phenoxy) is 1. The van der Waals surface area contributed by atoms with Crippen molar-refractivity contribution in [1.29, 1.82) is 0 Å². The van der Waals surface area contributed by atoms with E-state index in [2.05, 4.69) is 0 Å². The maximum Gasteiger partial charge on any atom is 0.227 e. The van der Waals surface area contributed by atoms with E-state index in [4.69, 9.17) is 4.74 Å². The summed E-state index contributed by atoms with van der Waals surface area (Å²) in [5, 5.41) is 10.5. The van der Waals surface area contributed by atoms with Crippen molar-refractivity contribution < 1.29 is 14.6 Å². The molecule has 1 aliphatic heterocycles. The minimum atomic E-state index is -0.525. The highest BCUT2D eigenvalue weighted by Crippen LogP contribution is 2.29. The topological polar surface area (TPSA) is 49.8 Å². The predicted octanol–water partition coefficient (Wildman–Crippen LogP) is 2.61. The highest BCUT2D eigenvalue weighted by Gasteiger charge is 2.31. The third kappa shape index (κ3) is 3.60. The van der Waals surface area contributed by atoms with Crippen LogP contribution >= 0.6 is 0 Å². The average molecular weight is 325 g/mol. The lowest BCUT2D eigenvalue weighted by Gasteiger charge is -2.36. The van der Waals surface area contributed by atoms with E-state index in [1.54, 1.807) is 12.0 Å². The van der Waals surface area contributed by atoms with Crippen LogP contribution in [0.4, 0.5) is 0 Å². The Morgan fingerprint density at radius 2 is 1.88 bits per heavy atom. The Morgan fingerprint density at radius 3 is 2.58 bits per heavy atom.